The first-order chi connectivity index (χ1) is 8.38. The summed E-state index contributed by atoms with van der Waals surface area (Å²) < 4.78 is 33.3. The van der Waals surface area contributed by atoms with E-state index in [0.717, 1.165) is 0 Å². The van der Waals surface area contributed by atoms with Crippen LogP contribution in [0.3, 0.4) is 0 Å². The Morgan fingerprint density at radius 1 is 1.21 bits per heavy atom. The van der Waals surface area contributed by atoms with Crippen molar-refractivity contribution in [1.82, 2.24) is 0 Å². The SMILES string of the molecule is CC(=O)Nc1ccc2c(S(=O)(=O)[O-])cccc2c1.[Na+]. The van der Waals surface area contributed by atoms with Crippen LogP contribution in [0, 0.1) is 0 Å². The minimum absolute atomic E-state index is 0. The zero-order valence-electron chi connectivity index (χ0n) is 10.5. The van der Waals surface area contributed by atoms with E-state index in [0.29, 0.717) is 16.5 Å². The van der Waals surface area contributed by atoms with Gasteiger partial charge in [0.25, 0.3) is 0 Å². The minimum atomic E-state index is -4.50. The molecule has 0 heterocycles. The smallest absolute Gasteiger partial charge is 0.744 e. The van der Waals surface area contributed by atoms with Gasteiger partial charge >= 0.3 is 29.6 Å². The molecule has 1 N–H and O–H groups in total. The van der Waals surface area contributed by atoms with Gasteiger partial charge in [0.05, 0.1) is 4.90 Å². The normalized spacial score (nSPS) is 10.8. The Morgan fingerprint density at radius 3 is 2.47 bits per heavy atom. The molecule has 2 aromatic carbocycles. The van der Waals surface area contributed by atoms with Gasteiger partial charge in [-0.2, -0.15) is 0 Å². The fourth-order valence-electron chi connectivity index (χ4n) is 1.75. The molecule has 0 aliphatic rings. The molecule has 1 amide bonds. The van der Waals surface area contributed by atoms with Crippen LogP contribution in [0.25, 0.3) is 10.8 Å². The predicted octanol–water partition coefficient (Wildman–Crippen LogP) is -1.29. The van der Waals surface area contributed by atoms with Crippen molar-refractivity contribution < 1.29 is 47.3 Å². The van der Waals surface area contributed by atoms with Crippen molar-refractivity contribution >= 4 is 32.5 Å². The fourth-order valence-corrected chi connectivity index (χ4v) is 2.45. The quantitative estimate of drug-likeness (QED) is 0.550. The van der Waals surface area contributed by atoms with Crippen molar-refractivity contribution in [1.29, 1.82) is 0 Å². The molecule has 0 saturated carbocycles. The molecule has 0 radical (unpaired) electrons. The van der Waals surface area contributed by atoms with E-state index < -0.39 is 10.1 Å². The molecule has 5 nitrogen and oxygen atoms in total. The summed E-state index contributed by atoms with van der Waals surface area (Å²) in [5.41, 5.74) is 0.551. The van der Waals surface area contributed by atoms with Crippen molar-refractivity contribution in [3.05, 3.63) is 36.4 Å². The molecular formula is C12H10NNaO4S. The van der Waals surface area contributed by atoms with Crippen LogP contribution in [0.15, 0.2) is 41.3 Å². The molecule has 2 aromatic rings. The van der Waals surface area contributed by atoms with E-state index in [2.05, 4.69) is 5.32 Å². The molecule has 0 atom stereocenters. The monoisotopic (exact) mass is 287 g/mol. The molecule has 0 aliphatic heterocycles. The molecule has 19 heavy (non-hydrogen) atoms. The van der Waals surface area contributed by atoms with Gasteiger partial charge in [-0.15, -0.1) is 0 Å². The maximum absolute atomic E-state index is 11.1. The average Bonchev–Trinajstić information content (AvgIpc) is 2.25. The number of anilines is 1. The number of carbonyl (C=O) groups is 1. The van der Waals surface area contributed by atoms with Crippen molar-refractivity contribution in [3.8, 4) is 0 Å². The summed E-state index contributed by atoms with van der Waals surface area (Å²) in [6.45, 7) is 1.38. The van der Waals surface area contributed by atoms with Gasteiger partial charge in [-0.3, -0.25) is 4.79 Å². The third-order valence-electron chi connectivity index (χ3n) is 2.43. The maximum Gasteiger partial charge on any atom is 1.00 e. The topological polar surface area (TPSA) is 86.3 Å². The summed E-state index contributed by atoms with van der Waals surface area (Å²) in [5.74, 6) is -0.220. The number of fused-ring (bicyclic) bond motifs is 1. The van der Waals surface area contributed by atoms with Crippen molar-refractivity contribution in [2.45, 2.75) is 11.8 Å². The molecular weight excluding hydrogens is 277 g/mol. The molecule has 7 heteroatoms. The van der Waals surface area contributed by atoms with Gasteiger partial charge in [-0.25, -0.2) is 8.42 Å². The molecule has 2 rings (SSSR count). The number of rotatable bonds is 2. The number of amides is 1. The first-order valence-corrected chi connectivity index (χ1v) is 6.55. The second-order valence-corrected chi connectivity index (χ2v) is 5.18. The number of hydrogen-bond acceptors (Lipinski definition) is 4. The summed E-state index contributed by atoms with van der Waals surface area (Å²) in [4.78, 5) is 10.7. The van der Waals surface area contributed by atoms with E-state index in [1.165, 1.54) is 25.1 Å². The Labute approximate surface area is 133 Å². The largest absolute Gasteiger partial charge is 1.00 e. The number of nitrogens with one attached hydrogen (secondary N) is 1. The Kier molecular flexibility index (Phi) is 5.11. The van der Waals surface area contributed by atoms with Crippen LogP contribution in [0.5, 0.6) is 0 Å². The number of carbonyl (C=O) groups excluding carboxylic acids is 1. The van der Waals surface area contributed by atoms with Gasteiger partial charge in [0, 0.05) is 12.6 Å². The van der Waals surface area contributed by atoms with Crippen LogP contribution in [0.2, 0.25) is 0 Å². The van der Waals surface area contributed by atoms with Crippen molar-refractivity contribution in [3.63, 3.8) is 0 Å². The van der Waals surface area contributed by atoms with Gasteiger partial charge in [0.1, 0.15) is 10.1 Å². The van der Waals surface area contributed by atoms with Crippen LogP contribution < -0.4 is 34.9 Å². The van der Waals surface area contributed by atoms with E-state index in [-0.39, 0.29) is 40.4 Å². The van der Waals surface area contributed by atoms with Crippen molar-refractivity contribution in [2.75, 3.05) is 5.32 Å². The van der Waals surface area contributed by atoms with Crippen LogP contribution >= 0.6 is 0 Å². The van der Waals surface area contributed by atoms with Crippen LogP contribution in [-0.2, 0) is 14.9 Å². The van der Waals surface area contributed by atoms with E-state index in [4.69, 9.17) is 0 Å². The summed E-state index contributed by atoms with van der Waals surface area (Å²) in [7, 11) is -4.50. The third-order valence-corrected chi connectivity index (χ3v) is 3.32. The molecule has 0 aromatic heterocycles. The standard InChI is InChI=1S/C12H11NO4S.Na/c1-8(14)13-10-5-6-11-9(7-10)3-2-4-12(11)18(15,16)17;/h2-7H,1H3,(H,13,14)(H,15,16,17);/q;+1/p-1. The molecule has 0 aliphatic carbocycles. The molecule has 0 fully saturated rings. The number of benzene rings is 2. The predicted molar refractivity (Wildman–Crippen MR) is 66.2 cm³/mol. The van der Waals surface area contributed by atoms with Gasteiger partial charge in [-0.1, -0.05) is 18.2 Å². The van der Waals surface area contributed by atoms with Crippen LogP contribution in [-0.4, -0.2) is 18.9 Å². The zero-order chi connectivity index (χ0) is 13.3. The maximum atomic E-state index is 11.1. The van der Waals surface area contributed by atoms with Gasteiger partial charge in [-0.05, 0) is 29.0 Å². The van der Waals surface area contributed by atoms with E-state index in [1.54, 1.807) is 18.2 Å². The minimum Gasteiger partial charge on any atom is -0.744 e. The van der Waals surface area contributed by atoms with Gasteiger partial charge < -0.3 is 9.87 Å². The summed E-state index contributed by atoms with van der Waals surface area (Å²) in [6.07, 6.45) is 0. The third kappa shape index (κ3) is 3.77. The van der Waals surface area contributed by atoms with Crippen molar-refractivity contribution in [2.24, 2.45) is 0 Å². The molecule has 0 bridgehead atoms. The van der Waals surface area contributed by atoms with Crippen LogP contribution in [0.4, 0.5) is 5.69 Å². The molecule has 0 saturated heterocycles. The molecule has 94 valence electrons. The van der Waals surface area contributed by atoms with E-state index >= 15 is 0 Å². The fraction of sp³-hybridized carbons (Fsp3) is 0.0833. The summed E-state index contributed by atoms with van der Waals surface area (Å²) in [5, 5.41) is 3.52. The first kappa shape index (κ1) is 16.1. The van der Waals surface area contributed by atoms with E-state index in [1.807, 2.05) is 0 Å². The average molecular weight is 287 g/mol. The number of hydrogen-bond donors (Lipinski definition) is 1. The van der Waals surface area contributed by atoms with E-state index in [9.17, 15) is 17.8 Å². The zero-order valence-corrected chi connectivity index (χ0v) is 13.3. The van der Waals surface area contributed by atoms with Gasteiger partial charge in [0.2, 0.25) is 5.91 Å². The Hall–Kier alpha value is -0.920. The Bertz CT molecular complexity index is 728. The first-order valence-electron chi connectivity index (χ1n) is 5.14. The second-order valence-electron chi connectivity index (χ2n) is 3.83. The van der Waals surface area contributed by atoms with Crippen LogP contribution in [0.1, 0.15) is 6.92 Å². The molecule has 0 spiro atoms. The molecule has 0 unspecified atom stereocenters. The summed E-state index contributed by atoms with van der Waals surface area (Å²) in [6, 6.07) is 9.11. The summed E-state index contributed by atoms with van der Waals surface area (Å²) >= 11 is 0. The Balaban J connectivity index is 0.00000180. The second kappa shape index (κ2) is 6.02. The van der Waals surface area contributed by atoms with Gasteiger partial charge in [0.15, 0.2) is 0 Å². The Morgan fingerprint density at radius 2 is 1.89 bits per heavy atom.